The number of anilines is 1. The number of nitrogens with zero attached hydrogens (tertiary/aromatic N) is 1. The third-order valence-corrected chi connectivity index (χ3v) is 2.52. The molecular weight excluding hydrogens is 208 g/mol. The van der Waals surface area contributed by atoms with Gasteiger partial charge in [-0.15, -0.1) is 6.58 Å². The summed E-state index contributed by atoms with van der Waals surface area (Å²) in [6.45, 7) is 3.59. The summed E-state index contributed by atoms with van der Waals surface area (Å²) in [6.07, 6.45) is 1.55. The number of carbonyl (C=O) groups excluding carboxylic acids is 1. The minimum absolute atomic E-state index is 0.0822. The first-order chi connectivity index (χ1) is 7.24. The fourth-order valence-corrected chi connectivity index (χ4v) is 1.80. The molecule has 0 saturated carbocycles. The summed E-state index contributed by atoms with van der Waals surface area (Å²) in [7, 11) is 0. The van der Waals surface area contributed by atoms with Crippen molar-refractivity contribution >= 4 is 28.9 Å². The smallest absolute Gasteiger partial charge is 0.259 e. The van der Waals surface area contributed by atoms with E-state index in [1.165, 1.54) is 4.90 Å². The van der Waals surface area contributed by atoms with Crippen LogP contribution < -0.4 is 10.2 Å². The highest BCUT2D eigenvalue weighted by Crippen LogP contribution is 2.19. The number of amides is 1. The molecule has 1 atom stereocenters. The molecule has 1 heterocycles. The van der Waals surface area contributed by atoms with Crippen molar-refractivity contribution in [1.29, 1.82) is 0 Å². The zero-order valence-corrected chi connectivity index (χ0v) is 8.83. The molecule has 76 valence electrons. The molecule has 0 aliphatic carbocycles. The van der Waals surface area contributed by atoms with Crippen LogP contribution in [0, 0.1) is 0 Å². The highest BCUT2D eigenvalue weighted by molar-refractivity contribution is 7.80. The topological polar surface area (TPSA) is 32.3 Å². The molecule has 1 aliphatic heterocycles. The molecule has 0 aromatic heterocycles. The van der Waals surface area contributed by atoms with Gasteiger partial charge in [0.2, 0.25) is 0 Å². The number of thiocarbonyl (C=S) groups is 1. The van der Waals surface area contributed by atoms with Crippen LogP contribution in [0.15, 0.2) is 43.0 Å². The summed E-state index contributed by atoms with van der Waals surface area (Å²) in [5.74, 6) is -0.0822. The SMILES string of the molecule is C=CC1NC(=S)N(c2ccccc2)C1=O. The molecule has 4 heteroatoms. The molecule has 15 heavy (non-hydrogen) atoms. The molecule has 1 aromatic carbocycles. The molecule has 2 rings (SSSR count). The second-order valence-electron chi connectivity index (χ2n) is 3.17. The number of benzene rings is 1. The normalized spacial score (nSPS) is 20.3. The third-order valence-electron chi connectivity index (χ3n) is 2.22. The van der Waals surface area contributed by atoms with Crippen molar-refractivity contribution in [3.8, 4) is 0 Å². The van der Waals surface area contributed by atoms with Gasteiger partial charge >= 0.3 is 0 Å². The largest absolute Gasteiger partial charge is 0.347 e. The summed E-state index contributed by atoms with van der Waals surface area (Å²) in [6, 6.07) is 8.91. The molecule has 1 saturated heterocycles. The third kappa shape index (κ3) is 1.64. The lowest BCUT2D eigenvalue weighted by molar-refractivity contribution is -0.117. The Morgan fingerprint density at radius 3 is 2.60 bits per heavy atom. The summed E-state index contributed by atoms with van der Waals surface area (Å²) >= 11 is 5.09. The zero-order valence-electron chi connectivity index (χ0n) is 8.01. The van der Waals surface area contributed by atoms with Crippen LogP contribution in [0.3, 0.4) is 0 Å². The Bertz CT molecular complexity index is 416. The Morgan fingerprint density at radius 2 is 2.07 bits per heavy atom. The Morgan fingerprint density at radius 1 is 1.40 bits per heavy atom. The molecule has 1 N–H and O–H groups in total. The van der Waals surface area contributed by atoms with Gasteiger partial charge in [-0.05, 0) is 24.4 Å². The van der Waals surface area contributed by atoms with Crippen molar-refractivity contribution in [2.24, 2.45) is 0 Å². The molecule has 1 fully saturated rings. The van der Waals surface area contributed by atoms with Gasteiger partial charge in [-0.1, -0.05) is 24.3 Å². The molecule has 0 spiro atoms. The first kappa shape index (κ1) is 9.86. The van der Waals surface area contributed by atoms with E-state index < -0.39 is 6.04 Å². The van der Waals surface area contributed by atoms with Crippen molar-refractivity contribution in [3.63, 3.8) is 0 Å². The van der Waals surface area contributed by atoms with Crippen LogP contribution in [-0.4, -0.2) is 17.1 Å². The standard InChI is InChI=1S/C11H10N2OS/c1-2-9-10(14)13(11(15)12-9)8-6-4-3-5-7-8/h2-7,9H,1H2,(H,12,15). The monoisotopic (exact) mass is 218 g/mol. The quantitative estimate of drug-likeness (QED) is 0.602. The van der Waals surface area contributed by atoms with Crippen molar-refractivity contribution in [2.45, 2.75) is 6.04 Å². The van der Waals surface area contributed by atoms with Crippen LogP contribution in [0.1, 0.15) is 0 Å². The van der Waals surface area contributed by atoms with Crippen LogP contribution in [0.5, 0.6) is 0 Å². The Hall–Kier alpha value is -1.68. The van der Waals surface area contributed by atoms with E-state index in [-0.39, 0.29) is 5.91 Å². The van der Waals surface area contributed by atoms with Crippen LogP contribution >= 0.6 is 12.2 Å². The van der Waals surface area contributed by atoms with Crippen molar-refractivity contribution in [3.05, 3.63) is 43.0 Å². The number of nitrogens with one attached hydrogen (secondary N) is 1. The lowest BCUT2D eigenvalue weighted by Gasteiger charge is -2.13. The maximum absolute atomic E-state index is 11.9. The zero-order chi connectivity index (χ0) is 10.8. The van der Waals surface area contributed by atoms with Gasteiger partial charge < -0.3 is 5.32 Å². The van der Waals surface area contributed by atoms with E-state index in [0.717, 1.165) is 5.69 Å². The van der Waals surface area contributed by atoms with Gasteiger partial charge in [0, 0.05) is 0 Å². The summed E-state index contributed by atoms with van der Waals surface area (Å²) < 4.78 is 0. The van der Waals surface area contributed by atoms with Crippen molar-refractivity contribution < 1.29 is 4.79 Å². The minimum atomic E-state index is -0.405. The second-order valence-corrected chi connectivity index (χ2v) is 3.56. The predicted octanol–water partition coefficient (Wildman–Crippen LogP) is 1.46. The number of hydrogen-bond donors (Lipinski definition) is 1. The Balaban J connectivity index is 2.35. The van der Waals surface area contributed by atoms with E-state index in [0.29, 0.717) is 5.11 Å². The molecule has 1 unspecified atom stereocenters. The Kier molecular flexibility index (Phi) is 2.51. The summed E-state index contributed by atoms with van der Waals surface area (Å²) in [5, 5.41) is 3.32. The number of carbonyl (C=O) groups is 1. The fraction of sp³-hybridized carbons (Fsp3) is 0.0909. The minimum Gasteiger partial charge on any atom is -0.347 e. The summed E-state index contributed by atoms with van der Waals surface area (Å²) in [5.41, 5.74) is 0.782. The lowest BCUT2D eigenvalue weighted by Crippen LogP contribution is -2.30. The number of para-hydroxylation sites is 1. The molecule has 0 radical (unpaired) electrons. The lowest BCUT2D eigenvalue weighted by atomic mass is 10.2. The molecular formula is C11H10N2OS. The van der Waals surface area contributed by atoms with E-state index >= 15 is 0 Å². The van der Waals surface area contributed by atoms with Gasteiger partial charge in [-0.25, -0.2) is 0 Å². The molecule has 1 aliphatic rings. The van der Waals surface area contributed by atoms with E-state index in [2.05, 4.69) is 11.9 Å². The van der Waals surface area contributed by atoms with Crippen LogP contribution in [-0.2, 0) is 4.79 Å². The molecule has 1 aromatic rings. The maximum atomic E-state index is 11.9. The number of hydrogen-bond acceptors (Lipinski definition) is 2. The van der Waals surface area contributed by atoms with Crippen LogP contribution in [0.2, 0.25) is 0 Å². The van der Waals surface area contributed by atoms with E-state index in [4.69, 9.17) is 12.2 Å². The average molecular weight is 218 g/mol. The maximum Gasteiger partial charge on any atom is 0.259 e. The van der Waals surface area contributed by atoms with E-state index in [9.17, 15) is 4.79 Å². The fourth-order valence-electron chi connectivity index (χ4n) is 1.48. The first-order valence-corrected chi connectivity index (χ1v) is 4.97. The van der Waals surface area contributed by atoms with Gasteiger partial charge in [0.1, 0.15) is 6.04 Å². The van der Waals surface area contributed by atoms with Gasteiger partial charge in [0.25, 0.3) is 5.91 Å². The summed E-state index contributed by atoms with van der Waals surface area (Å²) in [4.78, 5) is 13.3. The van der Waals surface area contributed by atoms with Crippen LogP contribution in [0.4, 0.5) is 5.69 Å². The molecule has 3 nitrogen and oxygen atoms in total. The van der Waals surface area contributed by atoms with Gasteiger partial charge in [0.05, 0.1) is 5.69 Å². The highest BCUT2D eigenvalue weighted by Gasteiger charge is 2.34. The second kappa shape index (κ2) is 3.82. The molecule has 1 amide bonds. The van der Waals surface area contributed by atoms with Crippen molar-refractivity contribution in [2.75, 3.05) is 4.90 Å². The van der Waals surface area contributed by atoms with Crippen LogP contribution in [0.25, 0.3) is 0 Å². The van der Waals surface area contributed by atoms with Gasteiger partial charge in [-0.2, -0.15) is 0 Å². The van der Waals surface area contributed by atoms with Gasteiger partial charge in [-0.3, -0.25) is 9.69 Å². The first-order valence-electron chi connectivity index (χ1n) is 4.56. The van der Waals surface area contributed by atoms with Gasteiger partial charge in [0.15, 0.2) is 5.11 Å². The van der Waals surface area contributed by atoms with E-state index in [1.807, 2.05) is 30.3 Å². The van der Waals surface area contributed by atoms with E-state index in [1.54, 1.807) is 6.08 Å². The van der Waals surface area contributed by atoms with Crippen molar-refractivity contribution in [1.82, 2.24) is 5.32 Å². The average Bonchev–Trinajstić information content (AvgIpc) is 2.55. The Labute approximate surface area is 93.4 Å². The molecule has 0 bridgehead atoms. The number of rotatable bonds is 2. The predicted molar refractivity (Wildman–Crippen MR) is 63.6 cm³/mol. The highest BCUT2D eigenvalue weighted by atomic mass is 32.1.